The number of halogens is 3. The second-order valence-corrected chi connectivity index (χ2v) is 6.62. The third-order valence-electron chi connectivity index (χ3n) is 3.76. The highest BCUT2D eigenvalue weighted by molar-refractivity contribution is 6.30. The Morgan fingerprint density at radius 2 is 1.70 bits per heavy atom. The number of likely N-dealkylation sites (N-methyl/N-ethyl adjacent to an activating group) is 1. The van der Waals surface area contributed by atoms with E-state index in [2.05, 4.69) is 10.6 Å². The van der Waals surface area contributed by atoms with Crippen LogP contribution in [0.4, 0.5) is 14.5 Å². The summed E-state index contributed by atoms with van der Waals surface area (Å²) in [5.41, 5.74) is 0.788. The third-order valence-corrected chi connectivity index (χ3v) is 4.01. The molecule has 2 aromatic rings. The highest BCUT2D eigenvalue weighted by atomic mass is 35.5. The Morgan fingerprint density at radius 3 is 2.33 bits per heavy atom. The summed E-state index contributed by atoms with van der Waals surface area (Å²) in [6.45, 7) is 1.54. The maximum Gasteiger partial charge on any atom is 0.238 e. The molecule has 144 valence electrons. The van der Waals surface area contributed by atoms with Gasteiger partial charge in [-0.05, 0) is 44.3 Å². The smallest absolute Gasteiger partial charge is 0.238 e. The van der Waals surface area contributed by atoms with Crippen LogP contribution in [-0.2, 0) is 9.59 Å². The maximum absolute atomic E-state index is 13.8. The normalized spacial score (nSPS) is 11.9. The molecule has 2 amide bonds. The lowest BCUT2D eigenvalue weighted by Gasteiger charge is -2.19. The molecule has 0 fully saturated rings. The van der Waals surface area contributed by atoms with Gasteiger partial charge in [-0.3, -0.25) is 14.5 Å². The van der Waals surface area contributed by atoms with Gasteiger partial charge in [-0.25, -0.2) is 8.78 Å². The van der Waals surface area contributed by atoms with Crippen molar-refractivity contribution in [3.63, 3.8) is 0 Å². The summed E-state index contributed by atoms with van der Waals surface area (Å²) >= 11 is 5.79. The molecule has 0 unspecified atom stereocenters. The van der Waals surface area contributed by atoms with E-state index in [1.165, 1.54) is 11.0 Å². The Hall–Kier alpha value is -2.51. The molecule has 1 atom stereocenters. The molecule has 0 heterocycles. The monoisotopic (exact) mass is 395 g/mol. The minimum atomic E-state index is -0.724. The molecule has 0 aliphatic heterocycles. The minimum Gasteiger partial charge on any atom is -0.348 e. The van der Waals surface area contributed by atoms with E-state index in [0.717, 1.165) is 12.1 Å². The summed E-state index contributed by atoms with van der Waals surface area (Å²) in [6.07, 6.45) is 0. The summed E-state index contributed by atoms with van der Waals surface area (Å²) in [5.74, 6) is -2.07. The van der Waals surface area contributed by atoms with Gasteiger partial charge in [0, 0.05) is 22.3 Å². The number of benzene rings is 2. The Kier molecular flexibility index (Phi) is 7.27. The Bertz CT molecular complexity index is 815. The lowest BCUT2D eigenvalue weighted by atomic mass is 10.1. The van der Waals surface area contributed by atoms with E-state index in [0.29, 0.717) is 10.7 Å². The number of nitrogens with zero attached hydrogens (tertiary/aromatic N) is 1. The number of hydrogen-bond donors (Lipinski definition) is 2. The minimum absolute atomic E-state index is 0.00463. The second kappa shape index (κ2) is 9.43. The molecule has 0 aliphatic rings. The molecule has 0 spiro atoms. The molecule has 27 heavy (non-hydrogen) atoms. The van der Waals surface area contributed by atoms with Crippen molar-refractivity contribution in [2.75, 3.05) is 25.5 Å². The number of amides is 2. The highest BCUT2D eigenvalue weighted by Crippen LogP contribution is 2.17. The number of rotatable bonds is 7. The molecule has 0 radical (unpaired) electrons. The highest BCUT2D eigenvalue weighted by Gasteiger charge is 2.16. The zero-order chi connectivity index (χ0) is 20.0. The zero-order valence-corrected chi connectivity index (χ0v) is 15.7. The maximum atomic E-state index is 13.8. The van der Waals surface area contributed by atoms with Crippen molar-refractivity contribution in [1.29, 1.82) is 0 Å². The molecule has 0 bridgehead atoms. The van der Waals surface area contributed by atoms with Gasteiger partial charge in [-0.2, -0.15) is 0 Å². The van der Waals surface area contributed by atoms with Crippen LogP contribution >= 0.6 is 11.6 Å². The van der Waals surface area contributed by atoms with Crippen LogP contribution in [0.15, 0.2) is 42.5 Å². The zero-order valence-electron chi connectivity index (χ0n) is 14.9. The van der Waals surface area contributed by atoms with Crippen molar-refractivity contribution in [3.8, 4) is 0 Å². The van der Waals surface area contributed by atoms with Gasteiger partial charge in [0.2, 0.25) is 11.8 Å². The average Bonchev–Trinajstić information content (AvgIpc) is 2.56. The number of nitrogens with one attached hydrogen (secondary N) is 2. The topological polar surface area (TPSA) is 61.4 Å². The Morgan fingerprint density at radius 1 is 1.07 bits per heavy atom. The summed E-state index contributed by atoms with van der Waals surface area (Å²) < 4.78 is 26.7. The molecule has 0 aliphatic carbocycles. The quantitative estimate of drug-likeness (QED) is 0.755. The number of carbonyl (C=O) groups excluding carboxylic acids is 2. The van der Waals surface area contributed by atoms with E-state index < -0.39 is 17.7 Å². The molecular formula is C19H20ClF2N3O2. The lowest BCUT2D eigenvalue weighted by Crippen LogP contribution is -2.39. The number of carbonyl (C=O) groups is 2. The first kappa shape index (κ1) is 20.8. The van der Waals surface area contributed by atoms with Crippen LogP contribution in [0.5, 0.6) is 0 Å². The van der Waals surface area contributed by atoms with E-state index in [-0.39, 0.29) is 30.5 Å². The fraction of sp³-hybridized carbons (Fsp3) is 0.263. The molecule has 5 nitrogen and oxygen atoms in total. The fourth-order valence-corrected chi connectivity index (χ4v) is 2.62. The van der Waals surface area contributed by atoms with Crippen LogP contribution in [0.1, 0.15) is 18.5 Å². The summed E-state index contributed by atoms with van der Waals surface area (Å²) in [4.78, 5) is 25.6. The first-order valence-electron chi connectivity index (χ1n) is 8.23. The van der Waals surface area contributed by atoms with Crippen LogP contribution in [0.2, 0.25) is 5.02 Å². The molecule has 8 heteroatoms. The van der Waals surface area contributed by atoms with Gasteiger partial charge >= 0.3 is 0 Å². The molecule has 2 rings (SSSR count). The van der Waals surface area contributed by atoms with Crippen molar-refractivity contribution in [2.45, 2.75) is 13.0 Å². The van der Waals surface area contributed by atoms with Gasteiger partial charge in [0.1, 0.15) is 11.6 Å². The van der Waals surface area contributed by atoms with Crippen LogP contribution in [-0.4, -0.2) is 36.9 Å². The van der Waals surface area contributed by atoms with Crippen LogP contribution in [0, 0.1) is 11.6 Å². The van der Waals surface area contributed by atoms with Crippen LogP contribution in [0.3, 0.4) is 0 Å². The number of anilines is 1. The van der Waals surface area contributed by atoms with E-state index in [1.54, 1.807) is 38.2 Å². The van der Waals surface area contributed by atoms with Gasteiger partial charge in [0.15, 0.2) is 0 Å². The third kappa shape index (κ3) is 6.62. The van der Waals surface area contributed by atoms with Gasteiger partial charge in [-0.1, -0.05) is 17.7 Å². The molecule has 2 N–H and O–H groups in total. The van der Waals surface area contributed by atoms with Gasteiger partial charge in [-0.15, -0.1) is 0 Å². The predicted octanol–water partition coefficient (Wildman–Crippen LogP) is 3.37. The first-order chi connectivity index (χ1) is 12.7. The first-order valence-corrected chi connectivity index (χ1v) is 8.60. The average molecular weight is 396 g/mol. The van der Waals surface area contributed by atoms with Crippen LogP contribution < -0.4 is 10.6 Å². The largest absolute Gasteiger partial charge is 0.348 e. The Balaban J connectivity index is 1.82. The summed E-state index contributed by atoms with van der Waals surface area (Å²) in [6, 6.07) is 9.22. The Labute approximate surface area is 161 Å². The van der Waals surface area contributed by atoms with Gasteiger partial charge in [0.05, 0.1) is 19.1 Å². The molecular weight excluding hydrogens is 376 g/mol. The van der Waals surface area contributed by atoms with Gasteiger partial charge in [0.25, 0.3) is 0 Å². The standard InChI is InChI=1S/C19H20ClF2N3O2/c1-12(16-8-5-14(21)9-17(16)22)23-18(26)10-25(2)11-19(27)24-15-6-3-13(20)4-7-15/h3-9,12H,10-11H2,1-2H3,(H,23,26)(H,24,27)/t12-/m1/s1. The molecule has 2 aromatic carbocycles. The fourth-order valence-electron chi connectivity index (χ4n) is 2.50. The van der Waals surface area contributed by atoms with E-state index in [1.807, 2.05) is 0 Å². The van der Waals surface area contributed by atoms with E-state index in [9.17, 15) is 18.4 Å². The SMILES string of the molecule is C[C@@H](NC(=O)CN(C)CC(=O)Nc1ccc(Cl)cc1)c1ccc(F)cc1F. The van der Waals surface area contributed by atoms with E-state index >= 15 is 0 Å². The summed E-state index contributed by atoms with van der Waals surface area (Å²) in [5, 5.41) is 5.89. The van der Waals surface area contributed by atoms with Crippen molar-refractivity contribution in [3.05, 3.63) is 64.7 Å². The molecule has 0 saturated heterocycles. The van der Waals surface area contributed by atoms with Crippen molar-refractivity contribution < 1.29 is 18.4 Å². The van der Waals surface area contributed by atoms with Crippen molar-refractivity contribution in [2.24, 2.45) is 0 Å². The number of hydrogen-bond acceptors (Lipinski definition) is 3. The van der Waals surface area contributed by atoms with Gasteiger partial charge < -0.3 is 10.6 Å². The predicted molar refractivity (Wildman–Crippen MR) is 100 cm³/mol. The molecule has 0 saturated carbocycles. The summed E-state index contributed by atoms with van der Waals surface area (Å²) in [7, 11) is 1.62. The van der Waals surface area contributed by atoms with Crippen molar-refractivity contribution in [1.82, 2.24) is 10.2 Å². The van der Waals surface area contributed by atoms with Crippen LogP contribution in [0.25, 0.3) is 0 Å². The lowest BCUT2D eigenvalue weighted by molar-refractivity contribution is -0.123. The second-order valence-electron chi connectivity index (χ2n) is 6.18. The molecule has 0 aromatic heterocycles. The van der Waals surface area contributed by atoms with Crippen molar-refractivity contribution >= 4 is 29.1 Å². The van der Waals surface area contributed by atoms with E-state index in [4.69, 9.17) is 11.6 Å².